The fourth-order valence-electron chi connectivity index (χ4n) is 1.66. The van der Waals surface area contributed by atoms with Crippen molar-refractivity contribution in [2.24, 2.45) is 0 Å². The lowest BCUT2D eigenvalue weighted by molar-refractivity contribution is 0.0947. The summed E-state index contributed by atoms with van der Waals surface area (Å²) in [5.41, 5.74) is 0.299. The third kappa shape index (κ3) is 4.73. The molecule has 1 rings (SSSR count). The van der Waals surface area contributed by atoms with Crippen molar-refractivity contribution in [2.75, 3.05) is 20.1 Å². The molecule has 1 aromatic rings. The highest BCUT2D eigenvalue weighted by Crippen LogP contribution is 2.20. The predicted molar refractivity (Wildman–Crippen MR) is 77.8 cm³/mol. The summed E-state index contributed by atoms with van der Waals surface area (Å²) < 4.78 is 0. The standard InChI is InChI=1S/C14H21ClN2O2/c1-4-10(2)17(3)8-7-16-14(19)12-9-11(18)5-6-13(12)15/h5-6,9-10,18H,4,7-8H2,1-3H3,(H,16,19). The van der Waals surface area contributed by atoms with Gasteiger partial charge in [0.05, 0.1) is 10.6 Å². The van der Waals surface area contributed by atoms with E-state index in [2.05, 4.69) is 24.1 Å². The van der Waals surface area contributed by atoms with Gasteiger partial charge in [0.1, 0.15) is 5.75 Å². The highest BCUT2D eigenvalue weighted by atomic mass is 35.5. The number of hydrogen-bond donors (Lipinski definition) is 2. The van der Waals surface area contributed by atoms with Gasteiger partial charge in [-0.3, -0.25) is 4.79 Å². The van der Waals surface area contributed by atoms with Crippen LogP contribution in [0.15, 0.2) is 18.2 Å². The van der Waals surface area contributed by atoms with Gasteiger partial charge in [-0.05, 0) is 38.6 Å². The average molecular weight is 285 g/mol. The fourth-order valence-corrected chi connectivity index (χ4v) is 1.86. The van der Waals surface area contributed by atoms with E-state index in [1.54, 1.807) is 0 Å². The number of phenols is 1. The van der Waals surface area contributed by atoms with Crippen molar-refractivity contribution in [1.82, 2.24) is 10.2 Å². The molecule has 19 heavy (non-hydrogen) atoms. The van der Waals surface area contributed by atoms with Crippen molar-refractivity contribution < 1.29 is 9.90 Å². The zero-order valence-electron chi connectivity index (χ0n) is 11.6. The molecule has 0 heterocycles. The van der Waals surface area contributed by atoms with Crippen LogP contribution in [0.3, 0.4) is 0 Å². The second kappa shape index (κ2) is 7.36. The Hall–Kier alpha value is -1.26. The lowest BCUT2D eigenvalue weighted by Gasteiger charge is -2.23. The lowest BCUT2D eigenvalue weighted by Crippen LogP contribution is -2.37. The van der Waals surface area contributed by atoms with E-state index in [0.29, 0.717) is 23.2 Å². The van der Waals surface area contributed by atoms with E-state index in [4.69, 9.17) is 11.6 Å². The van der Waals surface area contributed by atoms with E-state index in [1.807, 2.05) is 7.05 Å². The van der Waals surface area contributed by atoms with Crippen LogP contribution in [0.1, 0.15) is 30.6 Å². The predicted octanol–water partition coefficient (Wildman–Crippen LogP) is 2.51. The number of rotatable bonds is 6. The molecule has 0 fully saturated rings. The molecule has 4 nitrogen and oxygen atoms in total. The molecule has 0 saturated heterocycles. The molecule has 1 atom stereocenters. The minimum Gasteiger partial charge on any atom is -0.508 e. The highest BCUT2D eigenvalue weighted by Gasteiger charge is 2.12. The summed E-state index contributed by atoms with van der Waals surface area (Å²) in [6.07, 6.45) is 1.07. The number of phenolic OH excluding ortho intramolecular Hbond substituents is 1. The van der Waals surface area contributed by atoms with Crippen molar-refractivity contribution >= 4 is 17.5 Å². The quantitative estimate of drug-likeness (QED) is 0.844. The Morgan fingerprint density at radius 2 is 2.21 bits per heavy atom. The fraction of sp³-hybridized carbons (Fsp3) is 0.500. The second-order valence-electron chi connectivity index (χ2n) is 4.66. The molecule has 106 valence electrons. The summed E-state index contributed by atoms with van der Waals surface area (Å²) in [4.78, 5) is 14.1. The molecule has 0 aliphatic rings. The molecule has 2 N–H and O–H groups in total. The van der Waals surface area contributed by atoms with Crippen LogP contribution in [0, 0.1) is 0 Å². The summed E-state index contributed by atoms with van der Waals surface area (Å²) in [5, 5.41) is 12.5. The molecule has 0 aliphatic heterocycles. The molecule has 0 spiro atoms. The Bertz CT molecular complexity index is 437. The Labute approximate surface area is 119 Å². The molecule has 0 aliphatic carbocycles. The van der Waals surface area contributed by atoms with Gasteiger partial charge in [0.25, 0.3) is 5.91 Å². The monoisotopic (exact) mass is 284 g/mol. The van der Waals surface area contributed by atoms with Gasteiger partial charge in [0, 0.05) is 19.1 Å². The molecular weight excluding hydrogens is 264 g/mol. The van der Waals surface area contributed by atoms with Crippen LogP contribution in [0.2, 0.25) is 5.02 Å². The number of nitrogens with one attached hydrogen (secondary N) is 1. The summed E-state index contributed by atoms with van der Waals surface area (Å²) in [6.45, 7) is 5.60. The van der Waals surface area contributed by atoms with Crippen molar-refractivity contribution in [1.29, 1.82) is 0 Å². The maximum atomic E-state index is 11.9. The van der Waals surface area contributed by atoms with Gasteiger partial charge in [0.2, 0.25) is 0 Å². The number of hydrogen-bond acceptors (Lipinski definition) is 3. The van der Waals surface area contributed by atoms with Gasteiger partial charge in [0.15, 0.2) is 0 Å². The first-order chi connectivity index (χ1) is 8.95. The average Bonchev–Trinajstić information content (AvgIpc) is 2.40. The summed E-state index contributed by atoms with van der Waals surface area (Å²) in [5.74, 6) is -0.232. The largest absolute Gasteiger partial charge is 0.508 e. The number of likely N-dealkylation sites (N-methyl/N-ethyl adjacent to an activating group) is 1. The molecule has 1 amide bonds. The molecular formula is C14H21ClN2O2. The number of carbonyl (C=O) groups is 1. The highest BCUT2D eigenvalue weighted by molar-refractivity contribution is 6.33. The second-order valence-corrected chi connectivity index (χ2v) is 5.07. The Morgan fingerprint density at radius 1 is 1.53 bits per heavy atom. The van der Waals surface area contributed by atoms with Crippen LogP contribution in [0.5, 0.6) is 5.75 Å². The molecule has 0 bridgehead atoms. The first kappa shape index (κ1) is 15.8. The van der Waals surface area contributed by atoms with Gasteiger partial charge in [-0.1, -0.05) is 18.5 Å². The van der Waals surface area contributed by atoms with Crippen molar-refractivity contribution in [2.45, 2.75) is 26.3 Å². The summed E-state index contributed by atoms with van der Waals surface area (Å²) in [7, 11) is 2.03. The number of halogens is 1. The number of amides is 1. The minimum atomic E-state index is -0.265. The van der Waals surface area contributed by atoms with Crippen molar-refractivity contribution in [3.05, 3.63) is 28.8 Å². The lowest BCUT2D eigenvalue weighted by atomic mass is 10.2. The normalized spacial score (nSPS) is 12.5. The maximum Gasteiger partial charge on any atom is 0.252 e. The molecule has 1 unspecified atom stereocenters. The first-order valence-corrected chi connectivity index (χ1v) is 6.80. The third-order valence-corrected chi connectivity index (χ3v) is 3.62. The van der Waals surface area contributed by atoms with E-state index < -0.39 is 0 Å². The van der Waals surface area contributed by atoms with Gasteiger partial charge < -0.3 is 15.3 Å². The van der Waals surface area contributed by atoms with Gasteiger partial charge >= 0.3 is 0 Å². The number of nitrogens with zero attached hydrogens (tertiary/aromatic N) is 1. The molecule has 0 aromatic heterocycles. The van der Waals surface area contributed by atoms with Crippen LogP contribution in [0.25, 0.3) is 0 Å². The molecule has 5 heteroatoms. The smallest absolute Gasteiger partial charge is 0.252 e. The van der Waals surface area contributed by atoms with Crippen molar-refractivity contribution in [3.63, 3.8) is 0 Å². The molecule has 0 saturated carbocycles. The Balaban J connectivity index is 2.50. The van der Waals surface area contributed by atoms with E-state index in [9.17, 15) is 9.90 Å². The number of benzene rings is 1. The Kier molecular flexibility index (Phi) is 6.12. The van der Waals surface area contributed by atoms with E-state index in [0.717, 1.165) is 13.0 Å². The zero-order chi connectivity index (χ0) is 14.4. The van der Waals surface area contributed by atoms with Gasteiger partial charge in [-0.25, -0.2) is 0 Å². The van der Waals surface area contributed by atoms with E-state index >= 15 is 0 Å². The SMILES string of the molecule is CCC(C)N(C)CCNC(=O)c1cc(O)ccc1Cl. The first-order valence-electron chi connectivity index (χ1n) is 6.42. The van der Waals surface area contributed by atoms with Crippen LogP contribution >= 0.6 is 11.6 Å². The third-order valence-electron chi connectivity index (χ3n) is 3.29. The number of carbonyl (C=O) groups excluding carboxylic acids is 1. The van der Waals surface area contributed by atoms with Crippen LogP contribution in [-0.4, -0.2) is 42.1 Å². The van der Waals surface area contributed by atoms with Gasteiger partial charge in [-0.2, -0.15) is 0 Å². The maximum absolute atomic E-state index is 11.9. The summed E-state index contributed by atoms with van der Waals surface area (Å²) in [6, 6.07) is 4.82. The topological polar surface area (TPSA) is 52.6 Å². The van der Waals surface area contributed by atoms with Crippen LogP contribution < -0.4 is 5.32 Å². The van der Waals surface area contributed by atoms with E-state index in [-0.39, 0.29) is 11.7 Å². The number of aromatic hydroxyl groups is 1. The molecule has 0 radical (unpaired) electrons. The van der Waals surface area contributed by atoms with Crippen molar-refractivity contribution in [3.8, 4) is 5.75 Å². The van der Waals surface area contributed by atoms with Crippen LogP contribution in [-0.2, 0) is 0 Å². The summed E-state index contributed by atoms with van der Waals surface area (Å²) >= 11 is 5.92. The minimum absolute atomic E-state index is 0.0336. The Morgan fingerprint density at radius 3 is 2.84 bits per heavy atom. The van der Waals surface area contributed by atoms with E-state index in [1.165, 1.54) is 18.2 Å². The van der Waals surface area contributed by atoms with Crippen LogP contribution in [0.4, 0.5) is 0 Å². The zero-order valence-corrected chi connectivity index (χ0v) is 12.4. The molecule has 1 aromatic carbocycles. The van der Waals surface area contributed by atoms with Gasteiger partial charge in [-0.15, -0.1) is 0 Å².